The van der Waals surface area contributed by atoms with Gasteiger partial charge in [-0.05, 0) is 6.92 Å². The molecule has 61 valence electrons. The van der Waals surface area contributed by atoms with Crippen LogP contribution in [0, 0.1) is 17.2 Å². The molecular formula is C7H7CuN3. The molecule has 0 saturated carbocycles. The molecule has 0 aliphatic heterocycles. The van der Waals surface area contributed by atoms with Crippen molar-refractivity contribution < 1.29 is 16.0 Å². The van der Waals surface area contributed by atoms with Crippen LogP contribution in [0.3, 0.4) is 0 Å². The second kappa shape index (κ2) is 5.72. The summed E-state index contributed by atoms with van der Waals surface area (Å²) in [5.74, 6) is 0.338. The van der Waals surface area contributed by atoms with Crippen molar-refractivity contribution >= 4 is 5.82 Å². The van der Waals surface area contributed by atoms with E-state index in [1.807, 2.05) is 19.1 Å². The van der Waals surface area contributed by atoms with Crippen LogP contribution in [0.25, 0.3) is 5.73 Å². The zero-order valence-electron chi connectivity index (χ0n) is 5.93. The van der Waals surface area contributed by atoms with Crippen LogP contribution in [0.2, 0.25) is 0 Å². The molecule has 1 N–H and O–H groups in total. The van der Waals surface area contributed by atoms with Gasteiger partial charge < -0.3 is 10.7 Å². The van der Waals surface area contributed by atoms with Gasteiger partial charge in [-0.25, -0.2) is 0 Å². The van der Waals surface area contributed by atoms with Gasteiger partial charge in [-0.1, -0.05) is 29.7 Å². The third kappa shape index (κ3) is 5.41. The molecular weight excluding hydrogens is 190 g/mol. The average molecular weight is 197 g/mol. The number of aromatic nitrogens is 1. The van der Waals surface area contributed by atoms with E-state index in [1.54, 1.807) is 6.07 Å². The Bertz CT molecular complexity index is 237. The van der Waals surface area contributed by atoms with Crippen molar-refractivity contribution in [1.82, 2.24) is 4.98 Å². The van der Waals surface area contributed by atoms with Gasteiger partial charge in [-0.3, -0.25) is 0 Å². The average Bonchev–Trinajstić information content (AvgIpc) is 1.88. The van der Waals surface area contributed by atoms with E-state index in [0.29, 0.717) is 5.82 Å². The van der Waals surface area contributed by atoms with Crippen molar-refractivity contribution in [2.75, 3.05) is 0 Å². The molecule has 0 atom stereocenters. The number of rotatable bonds is 0. The summed E-state index contributed by atoms with van der Waals surface area (Å²) in [4.78, 5) is 5.15. The number of nitrogens with one attached hydrogen (secondary N) is 1. The fourth-order valence-corrected chi connectivity index (χ4v) is 0.543. The van der Waals surface area contributed by atoms with E-state index in [0.717, 1.165) is 5.69 Å². The monoisotopic (exact) mass is 196 g/mol. The molecule has 0 fully saturated rings. The van der Waals surface area contributed by atoms with Crippen LogP contribution >= 0.6 is 0 Å². The maximum absolute atomic E-state index is 7.12. The van der Waals surface area contributed by atoms with Gasteiger partial charge in [0.2, 0.25) is 0 Å². The second-order valence-corrected chi connectivity index (χ2v) is 1.94. The first kappa shape index (κ1) is 9.96. The minimum atomic E-state index is 0.338. The van der Waals surface area contributed by atoms with Crippen molar-refractivity contribution in [2.24, 2.45) is 0 Å². The van der Waals surface area contributed by atoms with Crippen LogP contribution in [0.15, 0.2) is 18.2 Å². The Labute approximate surface area is 74.1 Å². The molecule has 0 amide bonds. The third-order valence-corrected chi connectivity index (χ3v) is 0.888. The Balaban J connectivity index is 0.000000292. The van der Waals surface area contributed by atoms with Crippen LogP contribution in [0.1, 0.15) is 5.69 Å². The Morgan fingerprint density at radius 3 is 2.45 bits per heavy atom. The van der Waals surface area contributed by atoms with Crippen LogP contribution in [0.4, 0.5) is 5.82 Å². The van der Waals surface area contributed by atoms with E-state index in [2.05, 4.69) is 21.0 Å². The molecule has 0 radical (unpaired) electrons. The molecule has 0 aliphatic rings. The van der Waals surface area contributed by atoms with Gasteiger partial charge in [0.25, 0.3) is 0 Å². The second-order valence-electron chi connectivity index (χ2n) is 1.73. The quantitative estimate of drug-likeness (QED) is 0.597. The summed E-state index contributed by atoms with van der Waals surface area (Å²) < 4.78 is 0. The fourth-order valence-electron chi connectivity index (χ4n) is 0.543. The maximum atomic E-state index is 7.12. The molecule has 1 aromatic rings. The number of hydrogen-bond donors (Lipinski definition) is 0. The molecule has 0 bridgehead atoms. The van der Waals surface area contributed by atoms with Crippen molar-refractivity contribution in [3.8, 4) is 4.97 Å². The van der Waals surface area contributed by atoms with E-state index in [1.165, 1.54) is 4.97 Å². The van der Waals surface area contributed by atoms with Gasteiger partial charge in [-0.15, -0.1) is 0 Å². The Kier molecular flexibility index (Phi) is 5.18. The van der Waals surface area contributed by atoms with E-state index in [4.69, 9.17) is 11.0 Å². The fraction of sp³-hybridized carbons (Fsp3) is 0.143. The number of aryl methyl sites for hydroxylation is 1. The predicted molar refractivity (Wildman–Crippen MR) is 38.6 cm³/mol. The van der Waals surface area contributed by atoms with Crippen molar-refractivity contribution in [2.45, 2.75) is 6.92 Å². The van der Waals surface area contributed by atoms with Crippen molar-refractivity contribution in [3.63, 3.8) is 0 Å². The zero-order valence-corrected chi connectivity index (χ0v) is 6.87. The first-order valence-corrected chi connectivity index (χ1v) is 3.29. The summed E-state index contributed by atoms with van der Waals surface area (Å²) >= 11 is 3.81. The molecule has 4 heteroatoms. The SMILES string of the molecule is Cc1cccc([NH-])n1.N#[C][Cu+]. The predicted octanol–water partition coefficient (Wildman–Crippen LogP) is 2.09. The van der Waals surface area contributed by atoms with Gasteiger partial charge in [0.15, 0.2) is 0 Å². The molecule has 0 aliphatic carbocycles. The van der Waals surface area contributed by atoms with Crippen LogP contribution in [0.5, 0.6) is 0 Å². The van der Waals surface area contributed by atoms with Gasteiger partial charge in [-0.2, -0.15) is 0 Å². The molecule has 0 unspecified atom stereocenters. The van der Waals surface area contributed by atoms with Crippen molar-refractivity contribution in [3.05, 3.63) is 29.6 Å². The van der Waals surface area contributed by atoms with Crippen molar-refractivity contribution in [1.29, 1.82) is 5.26 Å². The van der Waals surface area contributed by atoms with E-state index in [-0.39, 0.29) is 0 Å². The summed E-state index contributed by atoms with van der Waals surface area (Å²) in [6.07, 6.45) is 0. The van der Waals surface area contributed by atoms with Crippen LogP contribution in [-0.4, -0.2) is 4.98 Å². The number of pyridine rings is 1. The van der Waals surface area contributed by atoms with Gasteiger partial charge in [0, 0.05) is 0 Å². The zero-order chi connectivity index (χ0) is 8.69. The van der Waals surface area contributed by atoms with Gasteiger partial charge >= 0.3 is 26.2 Å². The van der Waals surface area contributed by atoms with E-state index in [9.17, 15) is 0 Å². The summed E-state index contributed by atoms with van der Waals surface area (Å²) in [6.45, 7) is 1.87. The molecule has 3 nitrogen and oxygen atoms in total. The summed E-state index contributed by atoms with van der Waals surface area (Å²) in [5, 5.41) is 7.12. The molecule has 0 spiro atoms. The van der Waals surface area contributed by atoms with Gasteiger partial charge in [0.05, 0.1) is 0 Å². The third-order valence-electron chi connectivity index (χ3n) is 0.888. The summed E-state index contributed by atoms with van der Waals surface area (Å²) in [6, 6.07) is 5.36. The molecule has 11 heavy (non-hydrogen) atoms. The number of hydrogen-bond acceptors (Lipinski definition) is 2. The Morgan fingerprint density at radius 2 is 2.18 bits per heavy atom. The standard InChI is InChI=1S/C6H7N2.CN.Cu/c1-5-3-2-4-6(7)8-5;1-2;/h2-4H,1H3,(H-,7,8);;/q-1;;+1. The molecule has 0 saturated heterocycles. The van der Waals surface area contributed by atoms with Gasteiger partial charge in [0.1, 0.15) is 0 Å². The molecule has 1 heterocycles. The first-order valence-electron chi connectivity index (χ1n) is 2.82. The minimum absolute atomic E-state index is 0.338. The normalized spacial score (nSPS) is 7.45. The van der Waals surface area contributed by atoms with E-state index >= 15 is 0 Å². The molecule has 1 rings (SSSR count). The van der Waals surface area contributed by atoms with Crippen LogP contribution < -0.4 is 0 Å². The van der Waals surface area contributed by atoms with E-state index < -0.39 is 0 Å². The summed E-state index contributed by atoms with van der Waals surface area (Å²) in [5.41, 5.74) is 7.93. The number of nitrogens with zero attached hydrogens (tertiary/aromatic N) is 2. The topological polar surface area (TPSA) is 60.5 Å². The molecule has 0 aromatic carbocycles. The Hall–Kier alpha value is -1.04. The first-order chi connectivity index (χ1) is 5.20. The number of nitriles is 1. The van der Waals surface area contributed by atoms with Crippen LogP contribution in [-0.2, 0) is 16.0 Å². The Morgan fingerprint density at radius 1 is 1.64 bits per heavy atom. The molecule has 1 aromatic heterocycles. The summed E-state index contributed by atoms with van der Waals surface area (Å²) in [7, 11) is 0.